The third kappa shape index (κ3) is 1.44. The van der Waals surface area contributed by atoms with Crippen LogP contribution in [0.3, 0.4) is 0 Å². The summed E-state index contributed by atoms with van der Waals surface area (Å²) in [5, 5.41) is 8.44. The van der Waals surface area contributed by atoms with E-state index in [1.54, 1.807) is 11.8 Å². The number of hydrogen-bond donors (Lipinski definition) is 0. The summed E-state index contributed by atoms with van der Waals surface area (Å²) in [6.45, 7) is 3.71. The van der Waals surface area contributed by atoms with Crippen molar-refractivity contribution in [2.75, 3.05) is 6.26 Å². The molecule has 0 spiro atoms. The molecular formula is C6H8N3S. The van der Waals surface area contributed by atoms with Crippen LogP contribution < -0.4 is 0 Å². The molecule has 1 aromatic rings. The number of thioether (sulfide) groups is 1. The van der Waals surface area contributed by atoms with Gasteiger partial charge in [0.1, 0.15) is 11.4 Å². The summed E-state index contributed by atoms with van der Waals surface area (Å²) in [6.07, 6.45) is 4.06. The molecule has 1 aromatic heterocycles. The molecular weight excluding hydrogens is 146 g/mol. The zero-order chi connectivity index (χ0) is 7.40. The Balaban J connectivity index is 2.96. The van der Waals surface area contributed by atoms with E-state index in [4.69, 9.17) is 0 Å². The van der Waals surface area contributed by atoms with Gasteiger partial charge in [0.15, 0.2) is 0 Å². The van der Waals surface area contributed by atoms with E-state index in [2.05, 4.69) is 22.1 Å². The van der Waals surface area contributed by atoms with Crippen LogP contribution in [0, 0.1) is 6.92 Å². The van der Waals surface area contributed by atoms with Gasteiger partial charge >= 0.3 is 0 Å². The van der Waals surface area contributed by atoms with Gasteiger partial charge in [-0.3, -0.25) is 0 Å². The van der Waals surface area contributed by atoms with Crippen LogP contribution in [0.25, 0.3) is 0 Å². The molecule has 10 heavy (non-hydrogen) atoms. The standard InChI is InChI=1S/C6H8N3S/c1-3-5-6(10-2)7-4-8-9-5/h4H,1,3H2,2H3. The zero-order valence-electron chi connectivity index (χ0n) is 5.74. The first-order valence-electron chi connectivity index (χ1n) is 2.88. The van der Waals surface area contributed by atoms with Crippen LogP contribution in [-0.2, 0) is 6.42 Å². The van der Waals surface area contributed by atoms with E-state index in [9.17, 15) is 0 Å². The Morgan fingerprint density at radius 3 is 3.00 bits per heavy atom. The lowest BCUT2D eigenvalue weighted by atomic mass is 10.4. The second kappa shape index (κ2) is 3.51. The predicted molar refractivity (Wildman–Crippen MR) is 40.7 cm³/mol. The molecule has 4 heteroatoms. The Kier molecular flexibility index (Phi) is 2.62. The van der Waals surface area contributed by atoms with Crippen molar-refractivity contribution in [3.63, 3.8) is 0 Å². The summed E-state index contributed by atoms with van der Waals surface area (Å²) in [7, 11) is 0. The lowest BCUT2D eigenvalue weighted by Gasteiger charge is -1.97. The number of hydrogen-bond acceptors (Lipinski definition) is 4. The molecule has 1 rings (SSSR count). The topological polar surface area (TPSA) is 38.7 Å². The van der Waals surface area contributed by atoms with Gasteiger partial charge in [0, 0.05) is 0 Å². The molecule has 0 aromatic carbocycles. The summed E-state index contributed by atoms with van der Waals surface area (Å²) in [6, 6.07) is 0. The maximum absolute atomic E-state index is 4.02. The first-order chi connectivity index (χ1) is 4.88. The fourth-order valence-electron chi connectivity index (χ4n) is 0.619. The SMILES string of the molecule is [CH2]Cc1nncnc1SC. The highest BCUT2D eigenvalue weighted by molar-refractivity contribution is 7.98. The molecule has 1 radical (unpaired) electrons. The van der Waals surface area contributed by atoms with Gasteiger partial charge in [-0.25, -0.2) is 4.98 Å². The van der Waals surface area contributed by atoms with E-state index in [1.165, 1.54) is 6.33 Å². The highest BCUT2D eigenvalue weighted by atomic mass is 32.2. The average molecular weight is 154 g/mol. The van der Waals surface area contributed by atoms with Gasteiger partial charge in [0.25, 0.3) is 0 Å². The van der Waals surface area contributed by atoms with Crippen molar-refractivity contribution in [3.05, 3.63) is 18.9 Å². The van der Waals surface area contributed by atoms with Crippen LogP contribution in [0.2, 0.25) is 0 Å². The van der Waals surface area contributed by atoms with Crippen LogP contribution in [0.15, 0.2) is 11.4 Å². The third-order valence-electron chi connectivity index (χ3n) is 1.08. The average Bonchev–Trinajstić information content (AvgIpc) is 2.04. The fraction of sp³-hybridized carbons (Fsp3) is 0.333. The molecule has 0 aliphatic rings. The molecule has 0 fully saturated rings. The van der Waals surface area contributed by atoms with Crippen molar-refractivity contribution < 1.29 is 0 Å². The number of rotatable bonds is 2. The Morgan fingerprint density at radius 2 is 2.50 bits per heavy atom. The van der Waals surface area contributed by atoms with Crippen LogP contribution in [0.1, 0.15) is 5.69 Å². The Hall–Kier alpha value is -0.640. The maximum atomic E-state index is 4.02. The monoisotopic (exact) mass is 154 g/mol. The summed E-state index contributed by atoms with van der Waals surface area (Å²) >= 11 is 1.57. The van der Waals surface area contributed by atoms with Crippen LogP contribution in [0.4, 0.5) is 0 Å². The van der Waals surface area contributed by atoms with Crippen molar-refractivity contribution >= 4 is 11.8 Å². The zero-order valence-corrected chi connectivity index (χ0v) is 6.56. The minimum absolute atomic E-state index is 0.650. The molecule has 0 bridgehead atoms. The Labute approximate surface area is 64.3 Å². The van der Waals surface area contributed by atoms with Gasteiger partial charge < -0.3 is 0 Å². The smallest absolute Gasteiger partial charge is 0.139 e. The van der Waals surface area contributed by atoms with Gasteiger partial charge in [-0.1, -0.05) is 0 Å². The van der Waals surface area contributed by atoms with E-state index in [1.807, 2.05) is 6.26 Å². The van der Waals surface area contributed by atoms with Gasteiger partial charge in [0.2, 0.25) is 0 Å². The summed E-state index contributed by atoms with van der Waals surface area (Å²) in [4.78, 5) is 4.02. The third-order valence-corrected chi connectivity index (χ3v) is 1.81. The molecule has 0 atom stereocenters. The maximum Gasteiger partial charge on any atom is 0.139 e. The van der Waals surface area contributed by atoms with Gasteiger partial charge in [-0.05, 0) is 19.6 Å². The summed E-state index contributed by atoms with van der Waals surface area (Å²) in [5.41, 5.74) is 0.870. The predicted octanol–water partition coefficient (Wildman–Crippen LogP) is 0.970. The largest absolute Gasteiger partial charge is 0.226 e. The highest BCUT2D eigenvalue weighted by Crippen LogP contribution is 2.13. The molecule has 53 valence electrons. The second-order valence-corrected chi connectivity index (χ2v) is 2.46. The van der Waals surface area contributed by atoms with Gasteiger partial charge in [-0.2, -0.15) is 5.10 Å². The van der Waals surface area contributed by atoms with Crippen molar-refractivity contribution in [2.45, 2.75) is 11.4 Å². The van der Waals surface area contributed by atoms with Crippen molar-refractivity contribution in [2.24, 2.45) is 0 Å². The minimum Gasteiger partial charge on any atom is -0.226 e. The van der Waals surface area contributed by atoms with Crippen LogP contribution in [0.5, 0.6) is 0 Å². The first kappa shape index (κ1) is 7.47. The van der Waals surface area contributed by atoms with E-state index < -0.39 is 0 Å². The van der Waals surface area contributed by atoms with E-state index >= 15 is 0 Å². The normalized spacial score (nSPS) is 9.80. The van der Waals surface area contributed by atoms with E-state index in [0.717, 1.165) is 10.7 Å². The highest BCUT2D eigenvalue weighted by Gasteiger charge is 1.99. The molecule has 0 saturated heterocycles. The lowest BCUT2D eigenvalue weighted by Crippen LogP contribution is -1.95. The number of aromatic nitrogens is 3. The molecule has 3 nitrogen and oxygen atoms in total. The quantitative estimate of drug-likeness (QED) is 0.595. The fourth-order valence-corrected chi connectivity index (χ4v) is 1.15. The molecule has 1 heterocycles. The number of nitrogens with zero attached hydrogens (tertiary/aromatic N) is 3. The second-order valence-electron chi connectivity index (χ2n) is 1.67. The summed E-state index contributed by atoms with van der Waals surface area (Å²) < 4.78 is 0. The first-order valence-corrected chi connectivity index (χ1v) is 4.10. The molecule has 0 amide bonds. The van der Waals surface area contributed by atoms with E-state index in [-0.39, 0.29) is 0 Å². The van der Waals surface area contributed by atoms with E-state index in [0.29, 0.717) is 6.42 Å². The molecule has 0 saturated carbocycles. The molecule has 0 aliphatic carbocycles. The van der Waals surface area contributed by atoms with Crippen LogP contribution in [-0.4, -0.2) is 21.4 Å². The van der Waals surface area contributed by atoms with Gasteiger partial charge in [0.05, 0.1) is 5.69 Å². The molecule has 0 unspecified atom stereocenters. The lowest BCUT2D eigenvalue weighted by molar-refractivity contribution is 0.832. The Bertz CT molecular complexity index is 191. The molecule has 0 aliphatic heterocycles. The minimum atomic E-state index is 0.650. The Morgan fingerprint density at radius 1 is 1.70 bits per heavy atom. The molecule has 0 N–H and O–H groups in total. The van der Waals surface area contributed by atoms with Crippen molar-refractivity contribution in [1.29, 1.82) is 0 Å². The van der Waals surface area contributed by atoms with Gasteiger partial charge in [-0.15, -0.1) is 16.9 Å². The van der Waals surface area contributed by atoms with Crippen molar-refractivity contribution in [3.8, 4) is 0 Å². The van der Waals surface area contributed by atoms with Crippen molar-refractivity contribution in [1.82, 2.24) is 15.2 Å². The van der Waals surface area contributed by atoms with Crippen LogP contribution >= 0.6 is 11.8 Å². The summed E-state index contributed by atoms with van der Waals surface area (Å²) in [5.74, 6) is 0.